The molecule has 2 aromatic rings. The van der Waals surface area contributed by atoms with Crippen LogP contribution in [0.5, 0.6) is 0 Å². The van der Waals surface area contributed by atoms with E-state index in [1.165, 1.54) is 0 Å². The fourth-order valence-electron chi connectivity index (χ4n) is 1.71. The Balaban J connectivity index is 2.18. The lowest BCUT2D eigenvalue weighted by Crippen LogP contribution is -2.23. The SMILES string of the molecule is Cc1ccc(CNS(=O)(=O)c2ccc(CN)cc2Br)s1. The van der Waals surface area contributed by atoms with Gasteiger partial charge in [0.05, 0.1) is 4.90 Å². The first-order valence-electron chi connectivity index (χ1n) is 5.96. The topological polar surface area (TPSA) is 72.2 Å². The lowest BCUT2D eigenvalue weighted by atomic mass is 10.2. The van der Waals surface area contributed by atoms with Crippen molar-refractivity contribution in [3.63, 3.8) is 0 Å². The Bertz CT molecular complexity index is 711. The van der Waals surface area contributed by atoms with Crippen molar-refractivity contribution in [2.24, 2.45) is 5.73 Å². The molecule has 0 aliphatic heterocycles. The van der Waals surface area contributed by atoms with E-state index in [0.717, 1.165) is 15.3 Å². The smallest absolute Gasteiger partial charge is 0.242 e. The summed E-state index contributed by atoms with van der Waals surface area (Å²) in [6, 6.07) is 8.90. The Morgan fingerprint density at radius 2 is 2.05 bits per heavy atom. The fraction of sp³-hybridized carbons (Fsp3) is 0.231. The van der Waals surface area contributed by atoms with Crippen molar-refractivity contribution in [2.75, 3.05) is 0 Å². The van der Waals surface area contributed by atoms with Gasteiger partial charge in [-0.15, -0.1) is 11.3 Å². The first-order chi connectivity index (χ1) is 9.42. The summed E-state index contributed by atoms with van der Waals surface area (Å²) in [4.78, 5) is 2.37. The molecular formula is C13H15BrN2O2S2. The summed E-state index contributed by atoms with van der Waals surface area (Å²) in [6.45, 7) is 2.66. The summed E-state index contributed by atoms with van der Waals surface area (Å²) < 4.78 is 27.7. The van der Waals surface area contributed by atoms with E-state index in [2.05, 4.69) is 20.7 Å². The van der Waals surface area contributed by atoms with Gasteiger partial charge in [-0.05, 0) is 52.7 Å². The zero-order valence-electron chi connectivity index (χ0n) is 10.9. The lowest BCUT2D eigenvalue weighted by Gasteiger charge is -2.09. The van der Waals surface area contributed by atoms with Gasteiger partial charge >= 0.3 is 0 Å². The molecule has 0 spiro atoms. The lowest BCUT2D eigenvalue weighted by molar-refractivity contribution is 0.581. The van der Waals surface area contributed by atoms with E-state index in [4.69, 9.17) is 5.73 Å². The summed E-state index contributed by atoms with van der Waals surface area (Å²) in [5.41, 5.74) is 6.41. The molecule has 4 nitrogen and oxygen atoms in total. The second kappa shape index (κ2) is 6.36. The van der Waals surface area contributed by atoms with Gasteiger partial charge in [0.1, 0.15) is 0 Å². The Morgan fingerprint density at radius 3 is 2.60 bits per heavy atom. The number of hydrogen-bond acceptors (Lipinski definition) is 4. The summed E-state index contributed by atoms with van der Waals surface area (Å²) in [7, 11) is -3.54. The average Bonchev–Trinajstić information content (AvgIpc) is 2.82. The van der Waals surface area contributed by atoms with Gasteiger partial charge in [0.25, 0.3) is 0 Å². The van der Waals surface area contributed by atoms with Crippen molar-refractivity contribution in [3.05, 3.63) is 50.1 Å². The molecule has 0 atom stereocenters. The molecule has 0 bridgehead atoms. The zero-order valence-corrected chi connectivity index (χ0v) is 14.1. The minimum absolute atomic E-state index is 0.225. The van der Waals surface area contributed by atoms with Crippen LogP contribution in [-0.4, -0.2) is 8.42 Å². The van der Waals surface area contributed by atoms with Crippen molar-refractivity contribution in [1.29, 1.82) is 0 Å². The predicted molar refractivity (Wildman–Crippen MR) is 85.1 cm³/mol. The molecule has 108 valence electrons. The molecule has 0 radical (unpaired) electrons. The Hall–Kier alpha value is -0.730. The van der Waals surface area contributed by atoms with E-state index >= 15 is 0 Å². The first-order valence-corrected chi connectivity index (χ1v) is 9.05. The number of nitrogens with two attached hydrogens (primary N) is 1. The van der Waals surface area contributed by atoms with Crippen LogP contribution in [0.25, 0.3) is 0 Å². The molecule has 1 heterocycles. The molecule has 0 unspecified atom stereocenters. The molecule has 2 rings (SSSR count). The van der Waals surface area contributed by atoms with Crippen molar-refractivity contribution in [2.45, 2.75) is 24.9 Å². The number of aryl methyl sites for hydroxylation is 1. The van der Waals surface area contributed by atoms with Gasteiger partial charge in [-0.3, -0.25) is 0 Å². The summed E-state index contributed by atoms with van der Waals surface area (Å²) in [5.74, 6) is 0. The van der Waals surface area contributed by atoms with Gasteiger partial charge in [0.15, 0.2) is 0 Å². The van der Waals surface area contributed by atoms with Gasteiger partial charge < -0.3 is 5.73 Å². The maximum absolute atomic E-state index is 12.3. The van der Waals surface area contributed by atoms with Crippen molar-refractivity contribution in [1.82, 2.24) is 4.72 Å². The van der Waals surface area contributed by atoms with Crippen LogP contribution in [0.3, 0.4) is 0 Å². The number of thiophene rings is 1. The highest BCUT2D eigenvalue weighted by Gasteiger charge is 2.17. The minimum atomic E-state index is -3.54. The van der Waals surface area contributed by atoms with Gasteiger partial charge in [0.2, 0.25) is 10.0 Å². The molecular weight excluding hydrogens is 360 g/mol. The fourth-order valence-corrected chi connectivity index (χ4v) is 4.76. The maximum atomic E-state index is 12.3. The van der Waals surface area contributed by atoms with Gasteiger partial charge in [-0.25, -0.2) is 13.1 Å². The summed E-state index contributed by atoms with van der Waals surface area (Å²) in [6.07, 6.45) is 0. The second-order valence-electron chi connectivity index (χ2n) is 4.31. The molecule has 0 amide bonds. The van der Waals surface area contributed by atoms with Crippen LogP contribution in [0, 0.1) is 6.92 Å². The van der Waals surface area contributed by atoms with E-state index in [-0.39, 0.29) is 4.90 Å². The average molecular weight is 375 g/mol. The van der Waals surface area contributed by atoms with Crippen LogP contribution in [0.4, 0.5) is 0 Å². The summed E-state index contributed by atoms with van der Waals surface area (Å²) >= 11 is 4.86. The quantitative estimate of drug-likeness (QED) is 0.844. The van der Waals surface area contributed by atoms with Crippen LogP contribution in [0.1, 0.15) is 15.3 Å². The molecule has 0 fully saturated rings. The largest absolute Gasteiger partial charge is 0.326 e. The third-order valence-corrected chi connectivity index (χ3v) is 6.13. The highest BCUT2D eigenvalue weighted by molar-refractivity contribution is 9.10. The third-order valence-electron chi connectivity index (χ3n) is 2.75. The monoisotopic (exact) mass is 374 g/mol. The zero-order chi connectivity index (χ0) is 14.8. The molecule has 0 aliphatic rings. The minimum Gasteiger partial charge on any atom is -0.326 e. The van der Waals surface area contributed by atoms with Gasteiger partial charge in [0, 0.05) is 27.3 Å². The Morgan fingerprint density at radius 1 is 1.30 bits per heavy atom. The van der Waals surface area contributed by atoms with Crippen LogP contribution < -0.4 is 10.5 Å². The number of nitrogens with one attached hydrogen (secondary N) is 1. The number of halogens is 1. The van der Waals surface area contributed by atoms with E-state index in [9.17, 15) is 8.42 Å². The summed E-state index contributed by atoms with van der Waals surface area (Å²) in [5, 5.41) is 0. The molecule has 1 aromatic heterocycles. The molecule has 0 saturated heterocycles. The molecule has 3 N–H and O–H groups in total. The molecule has 0 saturated carbocycles. The van der Waals surface area contributed by atoms with E-state index in [1.54, 1.807) is 29.5 Å². The van der Waals surface area contributed by atoms with Gasteiger partial charge in [-0.1, -0.05) is 6.07 Å². The number of hydrogen-bond donors (Lipinski definition) is 2. The van der Waals surface area contributed by atoms with E-state index in [0.29, 0.717) is 17.6 Å². The van der Waals surface area contributed by atoms with Gasteiger partial charge in [-0.2, -0.15) is 0 Å². The Kier molecular flexibility index (Phi) is 4.98. The molecule has 1 aromatic carbocycles. The molecule has 0 aliphatic carbocycles. The second-order valence-corrected chi connectivity index (χ2v) is 8.27. The number of sulfonamides is 1. The normalized spacial score (nSPS) is 11.8. The highest BCUT2D eigenvalue weighted by atomic mass is 79.9. The Labute approximate surface area is 131 Å². The van der Waals surface area contributed by atoms with Crippen LogP contribution in [0.15, 0.2) is 39.7 Å². The standard InChI is InChI=1S/C13H15BrN2O2S2/c1-9-2-4-11(19-9)8-16-20(17,18)13-5-3-10(7-15)6-12(13)14/h2-6,16H,7-8,15H2,1H3. The third kappa shape index (κ3) is 3.67. The number of benzene rings is 1. The first kappa shape index (κ1) is 15.7. The molecule has 7 heteroatoms. The maximum Gasteiger partial charge on any atom is 0.242 e. The van der Waals surface area contributed by atoms with Crippen molar-refractivity contribution >= 4 is 37.3 Å². The molecule has 20 heavy (non-hydrogen) atoms. The van der Waals surface area contributed by atoms with E-state index < -0.39 is 10.0 Å². The van der Waals surface area contributed by atoms with Crippen LogP contribution in [0.2, 0.25) is 0 Å². The van der Waals surface area contributed by atoms with Crippen LogP contribution in [-0.2, 0) is 23.1 Å². The van der Waals surface area contributed by atoms with E-state index in [1.807, 2.05) is 19.1 Å². The number of rotatable bonds is 5. The van der Waals surface area contributed by atoms with Crippen molar-refractivity contribution in [3.8, 4) is 0 Å². The van der Waals surface area contributed by atoms with Crippen molar-refractivity contribution < 1.29 is 8.42 Å². The highest BCUT2D eigenvalue weighted by Crippen LogP contribution is 2.24. The predicted octanol–water partition coefficient (Wildman–Crippen LogP) is 2.76. The van der Waals surface area contributed by atoms with Crippen LogP contribution >= 0.6 is 27.3 Å².